The lowest BCUT2D eigenvalue weighted by atomic mass is 9.79. The molecule has 0 aromatic heterocycles. The first-order valence-corrected chi connectivity index (χ1v) is 9.60. The summed E-state index contributed by atoms with van der Waals surface area (Å²) in [6.45, 7) is 7.76. The van der Waals surface area contributed by atoms with E-state index in [1.54, 1.807) is 5.57 Å². The Kier molecular flexibility index (Phi) is 5.26. The van der Waals surface area contributed by atoms with Crippen LogP contribution in [-0.4, -0.2) is 45.2 Å². The summed E-state index contributed by atoms with van der Waals surface area (Å²) >= 11 is 0. The maximum absolute atomic E-state index is 11.3. The van der Waals surface area contributed by atoms with Gasteiger partial charge in [0.2, 0.25) is 10.0 Å². The number of hydrogen-bond donors (Lipinski definition) is 1. The number of rotatable bonds is 4. The maximum Gasteiger partial charge on any atom is 0.208 e. The Morgan fingerprint density at radius 1 is 1.30 bits per heavy atom. The fraction of sp³-hybridized carbons (Fsp3) is 0.867. The number of allylic oxidation sites excluding steroid dienone is 1. The van der Waals surface area contributed by atoms with Gasteiger partial charge < -0.3 is 4.90 Å². The van der Waals surface area contributed by atoms with Crippen molar-refractivity contribution in [1.82, 2.24) is 9.62 Å². The van der Waals surface area contributed by atoms with Crippen molar-refractivity contribution in [2.45, 2.75) is 45.6 Å². The first kappa shape index (κ1) is 16.0. The van der Waals surface area contributed by atoms with Gasteiger partial charge in [0, 0.05) is 12.6 Å². The van der Waals surface area contributed by atoms with E-state index < -0.39 is 10.0 Å². The minimum atomic E-state index is -3.06. The number of hydrogen-bond acceptors (Lipinski definition) is 3. The summed E-state index contributed by atoms with van der Waals surface area (Å²) in [6, 6.07) is 0.127. The van der Waals surface area contributed by atoms with Crippen LogP contribution in [0.3, 0.4) is 0 Å². The second-order valence-corrected chi connectivity index (χ2v) is 8.35. The molecule has 1 aliphatic heterocycles. The average molecular weight is 300 g/mol. The molecule has 0 radical (unpaired) electrons. The van der Waals surface area contributed by atoms with Crippen LogP contribution >= 0.6 is 0 Å². The van der Waals surface area contributed by atoms with Crippen LogP contribution in [0.25, 0.3) is 0 Å². The average Bonchev–Trinajstić information content (AvgIpc) is 2.34. The molecule has 0 aromatic carbocycles. The van der Waals surface area contributed by atoms with Crippen LogP contribution in [0.4, 0.5) is 0 Å². The SMILES string of the molecule is CC1=CCC[C@H](C)[C@@H]1CN1CCC(NS(C)(=O)=O)CC1. The monoisotopic (exact) mass is 300 g/mol. The van der Waals surface area contributed by atoms with Crippen LogP contribution in [0.15, 0.2) is 11.6 Å². The van der Waals surface area contributed by atoms with Crippen molar-refractivity contribution >= 4 is 10.0 Å². The fourth-order valence-corrected chi connectivity index (χ4v) is 4.35. The van der Waals surface area contributed by atoms with E-state index in [2.05, 4.69) is 29.5 Å². The highest BCUT2D eigenvalue weighted by Gasteiger charge is 2.27. The number of sulfonamides is 1. The van der Waals surface area contributed by atoms with Crippen molar-refractivity contribution in [3.05, 3.63) is 11.6 Å². The molecule has 20 heavy (non-hydrogen) atoms. The molecule has 1 heterocycles. The maximum atomic E-state index is 11.3. The Hall–Kier alpha value is -0.390. The summed E-state index contributed by atoms with van der Waals surface area (Å²) in [5.41, 5.74) is 1.54. The molecule has 5 heteroatoms. The molecule has 0 bridgehead atoms. The summed E-state index contributed by atoms with van der Waals surface area (Å²) in [6.07, 6.45) is 8.02. The normalized spacial score (nSPS) is 30.2. The van der Waals surface area contributed by atoms with Crippen molar-refractivity contribution in [2.75, 3.05) is 25.9 Å². The Morgan fingerprint density at radius 2 is 1.95 bits per heavy atom. The van der Waals surface area contributed by atoms with Crippen molar-refractivity contribution in [3.8, 4) is 0 Å². The van der Waals surface area contributed by atoms with E-state index >= 15 is 0 Å². The largest absolute Gasteiger partial charge is 0.303 e. The lowest BCUT2D eigenvalue weighted by Crippen LogP contribution is -2.46. The van der Waals surface area contributed by atoms with Crippen molar-refractivity contribution in [1.29, 1.82) is 0 Å². The van der Waals surface area contributed by atoms with Crippen molar-refractivity contribution < 1.29 is 8.42 Å². The molecule has 116 valence electrons. The van der Waals surface area contributed by atoms with Crippen LogP contribution in [0, 0.1) is 11.8 Å². The summed E-state index contributed by atoms with van der Waals surface area (Å²) in [5, 5.41) is 0. The number of piperidine rings is 1. The molecule has 0 unspecified atom stereocenters. The highest BCUT2D eigenvalue weighted by molar-refractivity contribution is 7.88. The molecule has 0 spiro atoms. The molecule has 4 nitrogen and oxygen atoms in total. The van der Waals surface area contributed by atoms with E-state index in [-0.39, 0.29) is 6.04 Å². The van der Waals surface area contributed by atoms with Gasteiger partial charge in [-0.15, -0.1) is 0 Å². The first-order valence-electron chi connectivity index (χ1n) is 7.71. The van der Waals surface area contributed by atoms with E-state index in [4.69, 9.17) is 0 Å². The molecule has 0 saturated carbocycles. The standard InChI is InChI=1S/C15H28N2O2S/c1-12-5-4-6-13(2)15(12)11-17-9-7-14(8-10-17)16-20(3,18)19/h5,13-16H,4,6-11H2,1-3H3/t13-,15+/m0/s1. The predicted octanol–water partition coefficient (Wildman–Crippen LogP) is 1.99. The molecule has 0 aromatic rings. The summed E-state index contributed by atoms with van der Waals surface area (Å²) < 4.78 is 25.2. The zero-order valence-corrected chi connectivity index (χ0v) is 13.7. The van der Waals surface area contributed by atoms with Gasteiger partial charge in [0.1, 0.15) is 0 Å². The minimum absolute atomic E-state index is 0.127. The molecular weight excluding hydrogens is 272 g/mol. The van der Waals surface area contributed by atoms with E-state index in [0.717, 1.165) is 38.4 Å². The predicted molar refractivity (Wildman–Crippen MR) is 83.1 cm³/mol. The summed E-state index contributed by atoms with van der Waals surface area (Å²) in [4.78, 5) is 2.50. The fourth-order valence-electron chi connectivity index (χ4n) is 3.51. The molecule has 2 rings (SSSR count). The molecule has 1 aliphatic carbocycles. The topological polar surface area (TPSA) is 49.4 Å². The first-order chi connectivity index (χ1) is 9.35. The Labute approximate surface area is 123 Å². The lowest BCUT2D eigenvalue weighted by molar-refractivity contribution is 0.165. The molecule has 1 N–H and O–H groups in total. The molecule has 2 atom stereocenters. The second kappa shape index (κ2) is 6.58. The minimum Gasteiger partial charge on any atom is -0.303 e. The third-order valence-electron chi connectivity index (χ3n) is 4.78. The zero-order chi connectivity index (χ0) is 14.8. The van der Waals surface area contributed by atoms with Gasteiger partial charge in [-0.05, 0) is 57.5 Å². The third-order valence-corrected chi connectivity index (χ3v) is 5.54. The lowest BCUT2D eigenvalue weighted by Gasteiger charge is -2.37. The van der Waals surface area contributed by atoms with Gasteiger partial charge in [0.15, 0.2) is 0 Å². The van der Waals surface area contributed by atoms with E-state index in [9.17, 15) is 8.42 Å². The van der Waals surface area contributed by atoms with Gasteiger partial charge in [-0.3, -0.25) is 0 Å². The molecule has 2 aliphatic rings. The second-order valence-electron chi connectivity index (χ2n) is 6.57. The van der Waals surface area contributed by atoms with Gasteiger partial charge in [-0.1, -0.05) is 18.6 Å². The third kappa shape index (κ3) is 4.57. The van der Waals surface area contributed by atoms with E-state index in [1.165, 1.54) is 19.1 Å². The summed E-state index contributed by atoms with van der Waals surface area (Å²) in [5.74, 6) is 1.45. The summed E-state index contributed by atoms with van der Waals surface area (Å²) in [7, 11) is -3.06. The Morgan fingerprint density at radius 3 is 2.50 bits per heavy atom. The van der Waals surface area contributed by atoms with Crippen molar-refractivity contribution in [2.24, 2.45) is 11.8 Å². The van der Waals surface area contributed by atoms with E-state index in [1.807, 2.05) is 0 Å². The number of likely N-dealkylation sites (tertiary alicyclic amines) is 1. The smallest absolute Gasteiger partial charge is 0.208 e. The van der Waals surface area contributed by atoms with Gasteiger partial charge in [0.25, 0.3) is 0 Å². The van der Waals surface area contributed by atoms with Crippen LogP contribution in [0.2, 0.25) is 0 Å². The van der Waals surface area contributed by atoms with Crippen LogP contribution < -0.4 is 4.72 Å². The highest BCUT2D eigenvalue weighted by atomic mass is 32.2. The van der Waals surface area contributed by atoms with Crippen LogP contribution in [0.1, 0.15) is 39.5 Å². The van der Waals surface area contributed by atoms with Gasteiger partial charge in [0.05, 0.1) is 6.26 Å². The van der Waals surface area contributed by atoms with E-state index in [0.29, 0.717) is 5.92 Å². The molecule has 1 fully saturated rings. The number of nitrogens with zero attached hydrogens (tertiary/aromatic N) is 1. The van der Waals surface area contributed by atoms with Crippen LogP contribution in [0.5, 0.6) is 0 Å². The Balaban J connectivity index is 1.82. The Bertz CT molecular complexity index is 450. The van der Waals surface area contributed by atoms with Gasteiger partial charge in [-0.25, -0.2) is 13.1 Å². The van der Waals surface area contributed by atoms with Crippen molar-refractivity contribution in [3.63, 3.8) is 0 Å². The number of nitrogens with one attached hydrogen (secondary N) is 1. The molecular formula is C15H28N2O2S. The zero-order valence-electron chi connectivity index (χ0n) is 12.9. The highest BCUT2D eigenvalue weighted by Crippen LogP contribution is 2.31. The quantitative estimate of drug-likeness (QED) is 0.808. The molecule has 1 saturated heterocycles. The van der Waals surface area contributed by atoms with Gasteiger partial charge >= 0.3 is 0 Å². The van der Waals surface area contributed by atoms with Gasteiger partial charge in [-0.2, -0.15) is 0 Å². The van der Waals surface area contributed by atoms with Crippen LogP contribution in [-0.2, 0) is 10.0 Å². The molecule has 0 amide bonds.